The second-order valence-electron chi connectivity index (χ2n) is 4.00. The average molecular weight is 241 g/mol. The fraction of sp³-hybridized carbons (Fsp3) is 0.417. The van der Waals surface area contributed by atoms with Crippen molar-refractivity contribution in [1.29, 1.82) is 0 Å². The van der Waals surface area contributed by atoms with Crippen LogP contribution in [0.3, 0.4) is 0 Å². The summed E-state index contributed by atoms with van der Waals surface area (Å²) in [6.45, 7) is 1.81. The van der Waals surface area contributed by atoms with Crippen molar-refractivity contribution in [2.45, 2.75) is 19.4 Å². The Balaban J connectivity index is 2.81. The van der Waals surface area contributed by atoms with Crippen LogP contribution in [0.4, 0.5) is 9.18 Å². The zero-order valence-corrected chi connectivity index (χ0v) is 9.60. The summed E-state index contributed by atoms with van der Waals surface area (Å²) in [7, 11) is 0. The van der Waals surface area contributed by atoms with E-state index in [2.05, 4.69) is 0 Å². The number of aliphatic hydroxyl groups excluding tert-OH is 1. The van der Waals surface area contributed by atoms with Gasteiger partial charge in [-0.05, 0) is 30.0 Å². The maximum atomic E-state index is 12.8. The van der Waals surface area contributed by atoms with Gasteiger partial charge in [-0.1, -0.05) is 19.1 Å². The van der Waals surface area contributed by atoms with Crippen LogP contribution in [0, 0.1) is 11.7 Å². The number of hydrogen-bond donors (Lipinski definition) is 2. The van der Waals surface area contributed by atoms with Gasteiger partial charge in [0.15, 0.2) is 0 Å². The molecule has 0 radical (unpaired) electrons. The van der Waals surface area contributed by atoms with Gasteiger partial charge in [0.05, 0.1) is 0 Å². The third kappa shape index (κ3) is 4.40. The summed E-state index contributed by atoms with van der Waals surface area (Å²) in [5.74, 6) is -0.397. The monoisotopic (exact) mass is 241 g/mol. The molecule has 0 heterocycles. The predicted molar refractivity (Wildman–Crippen MR) is 60.7 cm³/mol. The quantitative estimate of drug-likeness (QED) is 0.827. The summed E-state index contributed by atoms with van der Waals surface area (Å²) in [4.78, 5) is 10.8. The van der Waals surface area contributed by atoms with Gasteiger partial charge in [0.2, 0.25) is 0 Å². The number of aliphatic hydroxyl groups is 1. The van der Waals surface area contributed by atoms with E-state index in [0.717, 1.165) is 0 Å². The van der Waals surface area contributed by atoms with E-state index in [0.29, 0.717) is 12.0 Å². The fourth-order valence-corrected chi connectivity index (χ4v) is 1.51. The second-order valence-corrected chi connectivity index (χ2v) is 4.00. The van der Waals surface area contributed by atoms with Gasteiger partial charge in [-0.25, -0.2) is 9.18 Å². The Morgan fingerprint density at radius 2 is 2.06 bits per heavy atom. The van der Waals surface area contributed by atoms with E-state index in [1.807, 2.05) is 6.92 Å². The van der Waals surface area contributed by atoms with Gasteiger partial charge in [-0.3, -0.25) is 0 Å². The molecule has 0 aliphatic heterocycles. The van der Waals surface area contributed by atoms with Crippen LogP contribution >= 0.6 is 0 Å². The SMILES string of the molecule is C[C@H](CO)C[C@H](OC(N)=O)c1ccc(F)cc1. The topological polar surface area (TPSA) is 72.6 Å². The van der Waals surface area contributed by atoms with E-state index in [9.17, 15) is 9.18 Å². The van der Waals surface area contributed by atoms with E-state index in [4.69, 9.17) is 15.6 Å². The smallest absolute Gasteiger partial charge is 0.405 e. The van der Waals surface area contributed by atoms with Crippen LogP contribution in [-0.2, 0) is 4.74 Å². The molecule has 0 saturated heterocycles. The Labute approximate surface area is 99.2 Å². The molecule has 1 aromatic carbocycles. The van der Waals surface area contributed by atoms with E-state index >= 15 is 0 Å². The van der Waals surface area contributed by atoms with E-state index < -0.39 is 12.2 Å². The van der Waals surface area contributed by atoms with Crippen molar-refractivity contribution < 1.29 is 19.0 Å². The highest BCUT2D eigenvalue weighted by atomic mass is 19.1. The zero-order valence-electron chi connectivity index (χ0n) is 9.60. The number of carbonyl (C=O) groups is 1. The van der Waals surface area contributed by atoms with Crippen LogP contribution in [0.25, 0.3) is 0 Å². The molecule has 0 fully saturated rings. The molecule has 4 nitrogen and oxygen atoms in total. The van der Waals surface area contributed by atoms with Gasteiger partial charge in [0.1, 0.15) is 11.9 Å². The average Bonchev–Trinajstić information content (AvgIpc) is 2.28. The molecule has 0 aliphatic rings. The molecule has 5 heteroatoms. The molecule has 0 spiro atoms. The Morgan fingerprint density at radius 3 is 2.53 bits per heavy atom. The molecule has 1 rings (SSSR count). The molecule has 0 saturated carbocycles. The largest absolute Gasteiger partial charge is 0.442 e. The number of hydrogen-bond acceptors (Lipinski definition) is 3. The van der Waals surface area contributed by atoms with Crippen LogP contribution in [0.15, 0.2) is 24.3 Å². The Hall–Kier alpha value is -1.62. The van der Waals surface area contributed by atoms with Crippen molar-refractivity contribution in [1.82, 2.24) is 0 Å². The minimum absolute atomic E-state index is 0.0141. The summed E-state index contributed by atoms with van der Waals surface area (Å²) in [6.07, 6.45) is -1.01. The van der Waals surface area contributed by atoms with Gasteiger partial charge >= 0.3 is 6.09 Å². The van der Waals surface area contributed by atoms with Crippen molar-refractivity contribution in [2.75, 3.05) is 6.61 Å². The predicted octanol–water partition coefficient (Wildman–Crippen LogP) is 1.98. The van der Waals surface area contributed by atoms with Gasteiger partial charge < -0.3 is 15.6 Å². The summed E-state index contributed by atoms with van der Waals surface area (Å²) in [6, 6.07) is 5.65. The highest BCUT2D eigenvalue weighted by Gasteiger charge is 2.18. The number of nitrogens with two attached hydrogens (primary N) is 1. The highest BCUT2D eigenvalue weighted by Crippen LogP contribution is 2.25. The number of primary amides is 1. The number of benzene rings is 1. The lowest BCUT2D eigenvalue weighted by molar-refractivity contribution is 0.0820. The van der Waals surface area contributed by atoms with Crippen molar-refractivity contribution in [2.24, 2.45) is 11.7 Å². The molecule has 0 unspecified atom stereocenters. The minimum atomic E-state index is -0.885. The molecule has 17 heavy (non-hydrogen) atoms. The molecular weight excluding hydrogens is 225 g/mol. The standard InChI is InChI=1S/C12H16FNO3/c1-8(7-15)6-11(17-12(14)16)9-2-4-10(13)5-3-9/h2-5,8,11,15H,6-7H2,1H3,(H2,14,16)/t8-,11-/m0/s1. The van der Waals surface area contributed by atoms with Crippen molar-refractivity contribution in [3.63, 3.8) is 0 Å². The van der Waals surface area contributed by atoms with Crippen molar-refractivity contribution >= 4 is 6.09 Å². The van der Waals surface area contributed by atoms with Gasteiger partial charge in [0.25, 0.3) is 0 Å². The number of amides is 1. The first-order valence-corrected chi connectivity index (χ1v) is 5.35. The molecule has 0 bridgehead atoms. The highest BCUT2D eigenvalue weighted by molar-refractivity contribution is 5.65. The van der Waals surface area contributed by atoms with E-state index in [-0.39, 0.29) is 18.3 Å². The fourth-order valence-electron chi connectivity index (χ4n) is 1.51. The number of halogens is 1. The third-order valence-corrected chi connectivity index (χ3v) is 2.43. The molecule has 3 N–H and O–H groups in total. The maximum absolute atomic E-state index is 12.8. The molecule has 0 aliphatic carbocycles. The number of ether oxygens (including phenoxy) is 1. The van der Waals surface area contributed by atoms with Crippen molar-refractivity contribution in [3.05, 3.63) is 35.6 Å². The Kier molecular flexibility index (Phi) is 4.90. The Bertz CT molecular complexity index is 367. The maximum Gasteiger partial charge on any atom is 0.405 e. The van der Waals surface area contributed by atoms with Crippen LogP contribution in [0.2, 0.25) is 0 Å². The van der Waals surface area contributed by atoms with Crippen LogP contribution in [0.5, 0.6) is 0 Å². The zero-order chi connectivity index (χ0) is 12.8. The summed E-state index contributed by atoms with van der Waals surface area (Å²) in [5.41, 5.74) is 5.64. The first kappa shape index (κ1) is 13.4. The molecule has 1 aromatic rings. The molecule has 1 amide bonds. The van der Waals surface area contributed by atoms with Crippen LogP contribution < -0.4 is 5.73 Å². The van der Waals surface area contributed by atoms with Gasteiger partial charge in [-0.2, -0.15) is 0 Å². The molecule has 2 atom stereocenters. The third-order valence-electron chi connectivity index (χ3n) is 2.43. The van der Waals surface area contributed by atoms with Crippen LogP contribution in [0.1, 0.15) is 25.0 Å². The number of rotatable bonds is 5. The van der Waals surface area contributed by atoms with Gasteiger partial charge in [-0.15, -0.1) is 0 Å². The minimum Gasteiger partial charge on any atom is -0.442 e. The molecule has 0 aromatic heterocycles. The van der Waals surface area contributed by atoms with E-state index in [1.165, 1.54) is 24.3 Å². The lowest BCUT2D eigenvalue weighted by Gasteiger charge is -2.19. The first-order valence-electron chi connectivity index (χ1n) is 5.35. The normalized spacial score (nSPS) is 14.1. The van der Waals surface area contributed by atoms with Crippen LogP contribution in [-0.4, -0.2) is 17.8 Å². The number of carbonyl (C=O) groups excluding carboxylic acids is 1. The van der Waals surface area contributed by atoms with Crippen molar-refractivity contribution in [3.8, 4) is 0 Å². The summed E-state index contributed by atoms with van der Waals surface area (Å²) >= 11 is 0. The van der Waals surface area contributed by atoms with Gasteiger partial charge in [0, 0.05) is 6.61 Å². The second kappa shape index (κ2) is 6.20. The Morgan fingerprint density at radius 1 is 1.47 bits per heavy atom. The van der Waals surface area contributed by atoms with E-state index in [1.54, 1.807) is 0 Å². The lowest BCUT2D eigenvalue weighted by Crippen LogP contribution is -2.20. The first-order chi connectivity index (χ1) is 8.02. The molecule has 94 valence electrons. The molecular formula is C12H16FNO3. The summed E-state index contributed by atoms with van der Waals surface area (Å²) < 4.78 is 17.7. The lowest BCUT2D eigenvalue weighted by atomic mass is 9.98. The summed E-state index contributed by atoms with van der Waals surface area (Å²) in [5, 5.41) is 8.98.